The van der Waals surface area contributed by atoms with E-state index in [-0.39, 0.29) is 11.5 Å². The van der Waals surface area contributed by atoms with Crippen LogP contribution in [0.15, 0.2) is 23.3 Å². The summed E-state index contributed by atoms with van der Waals surface area (Å²) in [5.41, 5.74) is 3.14. The Morgan fingerprint density at radius 2 is 2.33 bits per heavy atom. The monoisotopic (exact) mass is 206 g/mol. The molecule has 0 saturated heterocycles. The van der Waals surface area contributed by atoms with Gasteiger partial charge < -0.3 is 5.11 Å². The molecule has 0 amide bonds. The third kappa shape index (κ3) is 1.57. The second kappa shape index (κ2) is 3.79. The summed E-state index contributed by atoms with van der Waals surface area (Å²) in [5, 5.41) is 9.83. The van der Waals surface area contributed by atoms with Crippen LogP contribution in [0.3, 0.4) is 0 Å². The van der Waals surface area contributed by atoms with Gasteiger partial charge >= 0.3 is 0 Å². The Hall–Kier alpha value is -0.560. The van der Waals surface area contributed by atoms with Gasteiger partial charge in [-0.2, -0.15) is 0 Å². The van der Waals surface area contributed by atoms with Crippen LogP contribution in [-0.4, -0.2) is 11.2 Å². The zero-order valence-corrected chi connectivity index (χ0v) is 10.1. The molecule has 84 valence electrons. The topological polar surface area (TPSA) is 20.2 Å². The second-order valence-electron chi connectivity index (χ2n) is 5.26. The molecule has 1 fully saturated rings. The highest BCUT2D eigenvalue weighted by Gasteiger charge is 2.45. The normalized spacial score (nSPS) is 40.1. The molecule has 3 atom stereocenters. The number of aliphatic hydroxyl groups is 1. The summed E-state index contributed by atoms with van der Waals surface area (Å²) in [6.45, 7) is 6.40. The molecule has 1 heteroatoms. The van der Waals surface area contributed by atoms with Crippen molar-refractivity contribution in [1.29, 1.82) is 0 Å². The number of aliphatic hydroxyl groups excluding tert-OH is 1. The molecule has 1 saturated carbocycles. The lowest BCUT2D eigenvalue weighted by Crippen LogP contribution is -2.33. The molecule has 2 aliphatic carbocycles. The second-order valence-corrected chi connectivity index (χ2v) is 5.26. The van der Waals surface area contributed by atoms with E-state index in [4.69, 9.17) is 0 Å². The molecular weight excluding hydrogens is 184 g/mol. The smallest absolute Gasteiger partial charge is 0.0727 e. The van der Waals surface area contributed by atoms with Crippen LogP contribution in [0.5, 0.6) is 0 Å². The van der Waals surface area contributed by atoms with E-state index in [9.17, 15) is 5.11 Å². The first-order chi connectivity index (χ1) is 7.09. The average molecular weight is 206 g/mol. The van der Waals surface area contributed by atoms with Crippen molar-refractivity contribution in [3.8, 4) is 0 Å². The lowest BCUT2D eigenvalue weighted by atomic mass is 9.63. The highest BCUT2D eigenvalue weighted by molar-refractivity contribution is 5.32. The van der Waals surface area contributed by atoms with Crippen molar-refractivity contribution in [1.82, 2.24) is 0 Å². The van der Waals surface area contributed by atoms with Gasteiger partial charge in [-0.3, -0.25) is 0 Å². The zero-order chi connectivity index (χ0) is 11.1. The average Bonchev–Trinajstić information content (AvgIpc) is 2.54. The third-order valence-electron chi connectivity index (χ3n) is 4.43. The van der Waals surface area contributed by atoms with Gasteiger partial charge in [0.2, 0.25) is 0 Å². The first kappa shape index (κ1) is 10.9. The Morgan fingerprint density at radius 1 is 1.60 bits per heavy atom. The first-order valence-electron chi connectivity index (χ1n) is 6.13. The Balaban J connectivity index is 2.32. The van der Waals surface area contributed by atoms with Crippen LogP contribution in [-0.2, 0) is 0 Å². The van der Waals surface area contributed by atoms with Crippen molar-refractivity contribution < 1.29 is 5.11 Å². The highest BCUT2D eigenvalue weighted by Crippen LogP contribution is 2.55. The summed E-state index contributed by atoms with van der Waals surface area (Å²) >= 11 is 0. The van der Waals surface area contributed by atoms with Gasteiger partial charge in [-0.15, -0.1) is 0 Å². The number of hydrogen-bond donors (Lipinski definition) is 1. The predicted molar refractivity (Wildman–Crippen MR) is 63.6 cm³/mol. The van der Waals surface area contributed by atoms with Crippen molar-refractivity contribution >= 4 is 0 Å². The summed E-state index contributed by atoms with van der Waals surface area (Å²) in [4.78, 5) is 0. The molecule has 0 aromatic carbocycles. The molecule has 0 bridgehead atoms. The molecule has 0 heterocycles. The molecule has 2 aliphatic rings. The van der Waals surface area contributed by atoms with Gasteiger partial charge in [0.15, 0.2) is 0 Å². The van der Waals surface area contributed by atoms with E-state index < -0.39 is 0 Å². The van der Waals surface area contributed by atoms with Crippen LogP contribution in [0.25, 0.3) is 0 Å². The van der Waals surface area contributed by atoms with Gasteiger partial charge in [0.25, 0.3) is 0 Å². The summed E-state index contributed by atoms with van der Waals surface area (Å²) in [7, 11) is 0. The van der Waals surface area contributed by atoms with Gasteiger partial charge in [0.1, 0.15) is 0 Å². The van der Waals surface area contributed by atoms with E-state index in [1.165, 1.54) is 24.8 Å². The van der Waals surface area contributed by atoms with Crippen LogP contribution in [0.2, 0.25) is 0 Å². The van der Waals surface area contributed by atoms with Gasteiger partial charge in [0.05, 0.1) is 6.10 Å². The number of fused-ring (bicyclic) bond motifs is 1. The fraction of sp³-hybridized carbons (Fsp3) is 0.714. The Labute approximate surface area is 92.9 Å². The SMILES string of the molecule is C/C=C1\CCC[C@]2(C)C([C@H](C)O)=CCC12. The minimum Gasteiger partial charge on any atom is -0.389 e. The Kier molecular flexibility index (Phi) is 2.76. The molecule has 1 nitrogen and oxygen atoms in total. The van der Waals surface area contributed by atoms with Gasteiger partial charge in [-0.1, -0.05) is 24.6 Å². The van der Waals surface area contributed by atoms with Crippen molar-refractivity contribution in [2.75, 3.05) is 0 Å². The minimum atomic E-state index is -0.267. The van der Waals surface area contributed by atoms with Crippen LogP contribution in [0, 0.1) is 11.3 Å². The quantitative estimate of drug-likeness (QED) is 0.651. The maximum absolute atomic E-state index is 9.83. The van der Waals surface area contributed by atoms with E-state index in [1.54, 1.807) is 5.57 Å². The van der Waals surface area contributed by atoms with Crippen molar-refractivity contribution in [2.45, 2.75) is 52.6 Å². The van der Waals surface area contributed by atoms with E-state index >= 15 is 0 Å². The lowest BCUT2D eigenvalue weighted by Gasteiger charge is -2.41. The van der Waals surface area contributed by atoms with Crippen LogP contribution in [0.1, 0.15) is 46.5 Å². The molecule has 0 aromatic heterocycles. The van der Waals surface area contributed by atoms with Crippen LogP contribution in [0.4, 0.5) is 0 Å². The molecule has 0 aromatic rings. The van der Waals surface area contributed by atoms with Gasteiger partial charge in [-0.25, -0.2) is 0 Å². The van der Waals surface area contributed by atoms with Crippen LogP contribution < -0.4 is 0 Å². The summed E-state index contributed by atoms with van der Waals surface area (Å²) in [5.74, 6) is 0.667. The number of hydrogen-bond acceptors (Lipinski definition) is 1. The molecule has 1 N–H and O–H groups in total. The van der Waals surface area contributed by atoms with Crippen molar-refractivity contribution in [2.24, 2.45) is 11.3 Å². The third-order valence-corrected chi connectivity index (χ3v) is 4.43. The fourth-order valence-electron chi connectivity index (χ4n) is 3.65. The minimum absolute atomic E-state index is 0.244. The largest absolute Gasteiger partial charge is 0.389 e. The van der Waals surface area contributed by atoms with Gasteiger partial charge in [0, 0.05) is 0 Å². The molecule has 0 aliphatic heterocycles. The van der Waals surface area contributed by atoms with Crippen molar-refractivity contribution in [3.05, 3.63) is 23.3 Å². The van der Waals surface area contributed by atoms with E-state index in [1.807, 2.05) is 6.92 Å². The summed E-state index contributed by atoms with van der Waals surface area (Å²) in [6, 6.07) is 0. The maximum atomic E-state index is 9.83. The van der Waals surface area contributed by atoms with Crippen LogP contribution >= 0.6 is 0 Å². The number of allylic oxidation sites excluding steroid dienone is 3. The van der Waals surface area contributed by atoms with Gasteiger partial charge in [-0.05, 0) is 56.4 Å². The molecular formula is C14H22O. The standard InChI is InChI=1S/C14H22O/c1-4-11-6-5-9-14(3)12(10(2)15)7-8-13(11)14/h4,7,10,13,15H,5-6,8-9H2,1-3H3/b11-4+/t10-,13?,14+/m0/s1. The van der Waals surface area contributed by atoms with E-state index in [2.05, 4.69) is 26.0 Å². The summed E-state index contributed by atoms with van der Waals surface area (Å²) in [6.07, 6.45) is 9.22. The molecule has 0 spiro atoms. The zero-order valence-electron chi connectivity index (χ0n) is 10.1. The van der Waals surface area contributed by atoms with E-state index in [0.29, 0.717) is 5.92 Å². The fourth-order valence-corrected chi connectivity index (χ4v) is 3.65. The maximum Gasteiger partial charge on any atom is 0.0727 e. The highest BCUT2D eigenvalue weighted by atomic mass is 16.3. The molecule has 15 heavy (non-hydrogen) atoms. The lowest BCUT2D eigenvalue weighted by molar-refractivity contribution is 0.158. The predicted octanol–water partition coefficient (Wildman–Crippen LogP) is 3.45. The number of rotatable bonds is 1. The van der Waals surface area contributed by atoms with E-state index in [0.717, 1.165) is 6.42 Å². The Morgan fingerprint density at radius 3 is 2.93 bits per heavy atom. The summed E-state index contributed by atoms with van der Waals surface area (Å²) < 4.78 is 0. The first-order valence-corrected chi connectivity index (χ1v) is 6.13. The Bertz CT molecular complexity index is 311. The molecule has 1 unspecified atom stereocenters. The molecule has 0 radical (unpaired) electrons. The molecule has 2 rings (SSSR count). The van der Waals surface area contributed by atoms with Crippen molar-refractivity contribution in [3.63, 3.8) is 0 Å².